The van der Waals surface area contributed by atoms with E-state index < -0.39 is 10.2 Å². The summed E-state index contributed by atoms with van der Waals surface area (Å²) in [6.45, 7) is 10.5. The molecule has 1 atom stereocenters. The standard InChI is InChI=1S/C16H28N4O2S/c1-15(2,3)14-17-10-11-12(18-14)8-16(4,5)9-13(11)19-23(21,22)20(6)7/h10,13,19H,8-9H2,1-7H3. The summed E-state index contributed by atoms with van der Waals surface area (Å²) in [5.41, 5.74) is 1.70. The van der Waals surface area contributed by atoms with Crippen LogP contribution in [0.5, 0.6) is 0 Å². The van der Waals surface area contributed by atoms with Gasteiger partial charge in [0.25, 0.3) is 10.2 Å². The number of rotatable bonds is 3. The highest BCUT2D eigenvalue weighted by atomic mass is 32.2. The molecule has 0 radical (unpaired) electrons. The molecule has 23 heavy (non-hydrogen) atoms. The molecule has 1 heterocycles. The summed E-state index contributed by atoms with van der Waals surface area (Å²) in [4.78, 5) is 9.22. The third kappa shape index (κ3) is 4.08. The average molecular weight is 340 g/mol. The smallest absolute Gasteiger partial charge is 0.240 e. The van der Waals surface area contributed by atoms with Gasteiger partial charge in [-0.05, 0) is 18.3 Å². The molecule has 1 N–H and O–H groups in total. The third-order valence-corrected chi connectivity index (χ3v) is 5.66. The fourth-order valence-electron chi connectivity index (χ4n) is 2.80. The summed E-state index contributed by atoms with van der Waals surface area (Å²) in [7, 11) is -0.453. The zero-order valence-electron chi connectivity index (χ0n) is 15.1. The summed E-state index contributed by atoms with van der Waals surface area (Å²) in [5.74, 6) is 0.795. The molecule has 130 valence electrons. The Morgan fingerprint density at radius 3 is 2.43 bits per heavy atom. The van der Waals surface area contributed by atoms with Crippen LogP contribution in [-0.2, 0) is 22.0 Å². The topological polar surface area (TPSA) is 75.2 Å². The van der Waals surface area contributed by atoms with Crippen molar-refractivity contribution in [2.24, 2.45) is 5.41 Å². The Bertz CT molecular complexity index is 691. The average Bonchev–Trinajstić information content (AvgIpc) is 2.34. The van der Waals surface area contributed by atoms with Crippen molar-refractivity contribution in [1.82, 2.24) is 19.0 Å². The van der Waals surface area contributed by atoms with Gasteiger partial charge >= 0.3 is 0 Å². The van der Waals surface area contributed by atoms with Gasteiger partial charge in [0.1, 0.15) is 5.82 Å². The van der Waals surface area contributed by atoms with E-state index in [1.807, 2.05) is 0 Å². The van der Waals surface area contributed by atoms with Gasteiger partial charge in [0, 0.05) is 37.0 Å². The highest BCUT2D eigenvalue weighted by Crippen LogP contribution is 2.40. The number of hydrogen-bond acceptors (Lipinski definition) is 4. The van der Waals surface area contributed by atoms with Crippen molar-refractivity contribution in [2.75, 3.05) is 14.1 Å². The van der Waals surface area contributed by atoms with Crippen LogP contribution in [0.1, 0.15) is 64.2 Å². The molecule has 1 aromatic heterocycles. The number of fused-ring (bicyclic) bond motifs is 1. The molecule has 0 aromatic carbocycles. The summed E-state index contributed by atoms with van der Waals surface area (Å²) in [6.07, 6.45) is 3.35. The Morgan fingerprint density at radius 2 is 1.91 bits per heavy atom. The lowest BCUT2D eigenvalue weighted by atomic mass is 9.74. The Balaban J connectivity index is 2.45. The van der Waals surface area contributed by atoms with E-state index in [0.717, 1.165) is 29.9 Å². The normalized spacial score (nSPS) is 21.3. The van der Waals surface area contributed by atoms with E-state index in [9.17, 15) is 8.42 Å². The maximum Gasteiger partial charge on any atom is 0.279 e. The Kier molecular flexibility index (Phi) is 4.60. The zero-order valence-corrected chi connectivity index (χ0v) is 16.0. The first-order valence-corrected chi connectivity index (χ1v) is 9.32. The predicted molar refractivity (Wildman–Crippen MR) is 91.3 cm³/mol. The van der Waals surface area contributed by atoms with Gasteiger partial charge in [0.2, 0.25) is 0 Å². The van der Waals surface area contributed by atoms with Crippen LogP contribution in [-0.4, -0.2) is 36.8 Å². The maximum atomic E-state index is 12.2. The predicted octanol–water partition coefficient (Wildman–Crippen LogP) is 2.18. The van der Waals surface area contributed by atoms with E-state index in [2.05, 4.69) is 44.3 Å². The second-order valence-electron chi connectivity index (χ2n) is 8.35. The number of nitrogens with one attached hydrogen (secondary N) is 1. The molecule has 0 saturated heterocycles. The molecule has 1 unspecified atom stereocenters. The zero-order chi connectivity index (χ0) is 17.6. The summed E-state index contributed by atoms with van der Waals surface area (Å²) in [5, 5.41) is 0. The molecule has 1 aliphatic carbocycles. The van der Waals surface area contributed by atoms with E-state index in [4.69, 9.17) is 4.98 Å². The van der Waals surface area contributed by atoms with E-state index >= 15 is 0 Å². The van der Waals surface area contributed by atoms with Gasteiger partial charge in [-0.15, -0.1) is 0 Å². The highest BCUT2D eigenvalue weighted by molar-refractivity contribution is 7.87. The molecule has 1 aromatic rings. The van der Waals surface area contributed by atoms with Crippen molar-refractivity contribution < 1.29 is 8.42 Å². The molecule has 0 spiro atoms. The van der Waals surface area contributed by atoms with Crippen LogP contribution in [0.25, 0.3) is 0 Å². The van der Waals surface area contributed by atoms with E-state index in [0.29, 0.717) is 0 Å². The van der Waals surface area contributed by atoms with Crippen LogP contribution in [0.3, 0.4) is 0 Å². The van der Waals surface area contributed by atoms with Crippen LogP contribution in [0.15, 0.2) is 6.20 Å². The van der Waals surface area contributed by atoms with Gasteiger partial charge in [0.05, 0.1) is 6.04 Å². The molecular formula is C16H28N4O2S. The summed E-state index contributed by atoms with van der Waals surface area (Å²) >= 11 is 0. The van der Waals surface area contributed by atoms with Crippen molar-refractivity contribution >= 4 is 10.2 Å². The highest BCUT2D eigenvalue weighted by Gasteiger charge is 2.36. The van der Waals surface area contributed by atoms with Crippen molar-refractivity contribution in [2.45, 2.75) is 58.9 Å². The van der Waals surface area contributed by atoms with Gasteiger partial charge in [-0.1, -0.05) is 34.6 Å². The fraction of sp³-hybridized carbons (Fsp3) is 0.750. The molecule has 0 fully saturated rings. The van der Waals surface area contributed by atoms with Crippen LogP contribution in [0.2, 0.25) is 0 Å². The van der Waals surface area contributed by atoms with Crippen molar-refractivity contribution in [1.29, 1.82) is 0 Å². The fourth-order valence-corrected chi connectivity index (χ4v) is 3.58. The maximum absolute atomic E-state index is 12.2. The van der Waals surface area contributed by atoms with Crippen molar-refractivity contribution in [3.63, 3.8) is 0 Å². The molecule has 1 aliphatic rings. The minimum Gasteiger partial charge on any atom is -0.240 e. The molecule has 7 heteroatoms. The first-order chi connectivity index (χ1) is 10.3. The van der Waals surface area contributed by atoms with Crippen molar-refractivity contribution in [3.05, 3.63) is 23.3 Å². The lowest BCUT2D eigenvalue weighted by molar-refractivity contribution is 0.265. The molecular weight excluding hydrogens is 312 g/mol. The third-order valence-electron chi connectivity index (χ3n) is 4.12. The van der Waals surface area contributed by atoms with Gasteiger partial charge in [0.15, 0.2) is 0 Å². The number of nitrogens with zero attached hydrogens (tertiary/aromatic N) is 3. The van der Waals surface area contributed by atoms with Crippen LogP contribution >= 0.6 is 0 Å². The first-order valence-electron chi connectivity index (χ1n) is 7.88. The van der Waals surface area contributed by atoms with Gasteiger partial charge in [-0.25, -0.2) is 9.97 Å². The quantitative estimate of drug-likeness (QED) is 0.915. The lowest BCUT2D eigenvalue weighted by Gasteiger charge is -2.37. The van der Waals surface area contributed by atoms with Crippen LogP contribution < -0.4 is 4.72 Å². The monoisotopic (exact) mass is 340 g/mol. The summed E-state index contributed by atoms with van der Waals surface area (Å²) < 4.78 is 28.4. The molecule has 6 nitrogen and oxygen atoms in total. The minimum atomic E-state index is -3.50. The van der Waals surface area contributed by atoms with Gasteiger partial charge in [-0.3, -0.25) is 0 Å². The number of hydrogen-bond donors (Lipinski definition) is 1. The SMILES string of the molecule is CN(C)S(=O)(=O)NC1CC(C)(C)Cc2nc(C(C)(C)C)ncc21. The molecule has 0 saturated carbocycles. The Labute approximate surface area is 139 Å². The van der Waals surface area contributed by atoms with Crippen molar-refractivity contribution in [3.8, 4) is 0 Å². The molecule has 0 aliphatic heterocycles. The Hall–Kier alpha value is -1.05. The van der Waals surface area contributed by atoms with E-state index in [-0.39, 0.29) is 16.9 Å². The molecule has 2 rings (SSSR count). The first kappa shape index (κ1) is 18.3. The molecule has 0 bridgehead atoms. The Morgan fingerprint density at radius 1 is 1.30 bits per heavy atom. The van der Waals surface area contributed by atoms with Crippen LogP contribution in [0.4, 0.5) is 0 Å². The molecule has 0 amide bonds. The largest absolute Gasteiger partial charge is 0.279 e. The van der Waals surface area contributed by atoms with E-state index in [1.54, 1.807) is 6.20 Å². The second kappa shape index (κ2) is 5.79. The van der Waals surface area contributed by atoms with Gasteiger partial charge in [-0.2, -0.15) is 17.4 Å². The minimum absolute atomic E-state index is 0.0179. The van der Waals surface area contributed by atoms with Gasteiger partial charge < -0.3 is 0 Å². The van der Waals surface area contributed by atoms with E-state index in [1.165, 1.54) is 18.4 Å². The van der Waals surface area contributed by atoms with Crippen LogP contribution in [0, 0.1) is 5.41 Å². The lowest BCUT2D eigenvalue weighted by Crippen LogP contribution is -2.42. The summed E-state index contributed by atoms with van der Waals surface area (Å²) in [6, 6.07) is -0.296. The second-order valence-corrected chi connectivity index (χ2v) is 10.3. The number of aromatic nitrogens is 2.